The first-order chi connectivity index (χ1) is 11.7. The number of benzene rings is 2. The van der Waals surface area contributed by atoms with Gasteiger partial charge in [-0.15, -0.1) is 0 Å². The summed E-state index contributed by atoms with van der Waals surface area (Å²) in [4.78, 5) is 11.1. The molecule has 5 nitrogen and oxygen atoms in total. The zero-order valence-corrected chi connectivity index (χ0v) is 13.5. The highest BCUT2D eigenvalue weighted by molar-refractivity contribution is 5.56. The molecule has 0 fully saturated rings. The van der Waals surface area contributed by atoms with Crippen LogP contribution in [0, 0.1) is 0 Å². The average molecular weight is 325 g/mol. The second kappa shape index (κ2) is 7.55. The molecule has 3 aromatic rings. The largest absolute Gasteiger partial charge is 0.494 e. The Morgan fingerprint density at radius 1 is 1.00 bits per heavy atom. The van der Waals surface area contributed by atoms with E-state index in [0.29, 0.717) is 19.0 Å². The molecule has 0 radical (unpaired) electrons. The summed E-state index contributed by atoms with van der Waals surface area (Å²) in [7, 11) is 0. The average Bonchev–Trinajstić information content (AvgIpc) is 3.03. The molecule has 0 spiro atoms. The van der Waals surface area contributed by atoms with E-state index < -0.39 is 0 Å². The van der Waals surface area contributed by atoms with Gasteiger partial charge in [-0.05, 0) is 24.6 Å². The SMILES string of the molecule is CCOc1cccc(OCCc2ccc(-c3cc(=O)[nH]o3)cc2)c1. The normalized spacial score (nSPS) is 10.5. The van der Waals surface area contributed by atoms with Gasteiger partial charge in [0, 0.05) is 18.1 Å². The molecule has 0 bridgehead atoms. The maximum atomic E-state index is 11.1. The number of hydrogen-bond donors (Lipinski definition) is 1. The Morgan fingerprint density at radius 2 is 1.75 bits per heavy atom. The van der Waals surface area contributed by atoms with Gasteiger partial charge >= 0.3 is 0 Å². The molecule has 1 heterocycles. The van der Waals surface area contributed by atoms with Gasteiger partial charge in [-0.3, -0.25) is 4.79 Å². The van der Waals surface area contributed by atoms with Crippen LogP contribution in [0.1, 0.15) is 12.5 Å². The lowest BCUT2D eigenvalue weighted by molar-refractivity contribution is 0.312. The molecule has 0 aliphatic rings. The Bertz CT molecular complexity index is 833. The van der Waals surface area contributed by atoms with Crippen molar-refractivity contribution in [2.45, 2.75) is 13.3 Å². The summed E-state index contributed by atoms with van der Waals surface area (Å²) in [5, 5.41) is 2.29. The number of nitrogens with one attached hydrogen (secondary N) is 1. The van der Waals surface area contributed by atoms with Crippen LogP contribution in [-0.4, -0.2) is 18.4 Å². The number of aromatic nitrogens is 1. The minimum absolute atomic E-state index is 0.239. The molecule has 124 valence electrons. The fraction of sp³-hybridized carbons (Fsp3) is 0.211. The predicted molar refractivity (Wildman–Crippen MR) is 91.6 cm³/mol. The number of hydrogen-bond acceptors (Lipinski definition) is 4. The van der Waals surface area contributed by atoms with Gasteiger partial charge in [0.1, 0.15) is 11.5 Å². The van der Waals surface area contributed by atoms with Crippen LogP contribution < -0.4 is 15.0 Å². The molecule has 0 saturated heterocycles. The first kappa shape index (κ1) is 15.9. The quantitative estimate of drug-likeness (QED) is 0.720. The fourth-order valence-electron chi connectivity index (χ4n) is 2.37. The van der Waals surface area contributed by atoms with E-state index in [4.69, 9.17) is 14.0 Å². The Kier molecular flexibility index (Phi) is 5.01. The van der Waals surface area contributed by atoms with Crippen LogP contribution in [0.5, 0.6) is 11.5 Å². The summed E-state index contributed by atoms with van der Waals surface area (Å²) in [5.74, 6) is 2.15. The van der Waals surface area contributed by atoms with Crippen LogP contribution in [0.4, 0.5) is 0 Å². The van der Waals surface area contributed by atoms with Crippen molar-refractivity contribution in [3.63, 3.8) is 0 Å². The Morgan fingerprint density at radius 3 is 2.42 bits per heavy atom. The Hall–Kier alpha value is -2.95. The van der Waals surface area contributed by atoms with Gasteiger partial charge in [-0.25, -0.2) is 0 Å². The maximum absolute atomic E-state index is 11.1. The van der Waals surface area contributed by atoms with Gasteiger partial charge in [-0.2, -0.15) is 5.16 Å². The number of rotatable bonds is 7. The zero-order chi connectivity index (χ0) is 16.8. The Balaban J connectivity index is 1.55. The molecule has 5 heteroatoms. The van der Waals surface area contributed by atoms with Gasteiger partial charge in [-0.1, -0.05) is 30.3 Å². The van der Waals surface area contributed by atoms with Gasteiger partial charge < -0.3 is 14.0 Å². The topological polar surface area (TPSA) is 64.5 Å². The van der Waals surface area contributed by atoms with Crippen LogP contribution in [-0.2, 0) is 6.42 Å². The summed E-state index contributed by atoms with van der Waals surface area (Å²) >= 11 is 0. The van der Waals surface area contributed by atoms with Gasteiger partial charge in [0.05, 0.1) is 19.3 Å². The van der Waals surface area contributed by atoms with Crippen LogP contribution >= 0.6 is 0 Å². The molecule has 0 atom stereocenters. The minimum Gasteiger partial charge on any atom is -0.494 e. The van der Waals surface area contributed by atoms with E-state index in [2.05, 4.69) is 5.16 Å². The highest BCUT2D eigenvalue weighted by Gasteiger charge is 2.04. The minimum atomic E-state index is -0.239. The van der Waals surface area contributed by atoms with E-state index >= 15 is 0 Å². The van der Waals surface area contributed by atoms with E-state index in [0.717, 1.165) is 29.0 Å². The second-order valence-electron chi connectivity index (χ2n) is 5.28. The first-order valence-electron chi connectivity index (χ1n) is 7.88. The molecule has 0 amide bonds. The van der Waals surface area contributed by atoms with Gasteiger partial charge in [0.25, 0.3) is 5.56 Å². The fourth-order valence-corrected chi connectivity index (χ4v) is 2.37. The van der Waals surface area contributed by atoms with Gasteiger partial charge in [0.15, 0.2) is 5.76 Å². The lowest BCUT2D eigenvalue weighted by atomic mass is 10.1. The lowest BCUT2D eigenvalue weighted by Crippen LogP contribution is -2.01. The van der Waals surface area contributed by atoms with E-state index in [1.807, 2.05) is 55.5 Å². The highest BCUT2D eigenvalue weighted by Crippen LogP contribution is 2.20. The highest BCUT2D eigenvalue weighted by atomic mass is 16.5. The summed E-state index contributed by atoms with van der Waals surface area (Å²) in [5.41, 5.74) is 1.77. The maximum Gasteiger partial charge on any atom is 0.280 e. The number of aromatic amines is 1. The molecular weight excluding hydrogens is 306 g/mol. The second-order valence-corrected chi connectivity index (χ2v) is 5.28. The molecule has 1 N–H and O–H groups in total. The van der Waals surface area contributed by atoms with Crippen molar-refractivity contribution in [3.05, 3.63) is 70.5 Å². The number of H-pyrrole nitrogens is 1. The molecule has 3 rings (SSSR count). The van der Waals surface area contributed by atoms with Crippen LogP contribution in [0.15, 0.2) is 63.9 Å². The van der Waals surface area contributed by atoms with Crippen molar-refractivity contribution in [1.82, 2.24) is 5.16 Å². The molecule has 0 unspecified atom stereocenters. The molecule has 2 aromatic carbocycles. The van der Waals surface area contributed by atoms with Crippen molar-refractivity contribution in [3.8, 4) is 22.8 Å². The standard InChI is InChI=1S/C19H19NO4/c1-2-22-16-4-3-5-17(12-16)23-11-10-14-6-8-15(9-7-14)18-13-19(21)20-24-18/h3-9,12-13H,2,10-11H2,1H3,(H,20,21). The summed E-state index contributed by atoms with van der Waals surface area (Å²) in [6.45, 7) is 3.17. The van der Waals surface area contributed by atoms with E-state index in [1.54, 1.807) is 0 Å². The van der Waals surface area contributed by atoms with Crippen LogP contribution in [0.25, 0.3) is 11.3 Å². The predicted octanol–water partition coefficient (Wildman–Crippen LogP) is 3.66. The first-order valence-corrected chi connectivity index (χ1v) is 7.88. The van der Waals surface area contributed by atoms with Crippen LogP contribution in [0.3, 0.4) is 0 Å². The third-order valence-electron chi connectivity index (χ3n) is 3.54. The third-order valence-corrected chi connectivity index (χ3v) is 3.54. The van der Waals surface area contributed by atoms with E-state index in [1.165, 1.54) is 6.07 Å². The third kappa shape index (κ3) is 4.07. The summed E-state index contributed by atoms with van der Waals surface area (Å²) in [6, 6.07) is 16.9. The van der Waals surface area contributed by atoms with Gasteiger partial charge in [0.2, 0.25) is 0 Å². The molecule has 0 saturated carbocycles. The van der Waals surface area contributed by atoms with E-state index in [9.17, 15) is 4.79 Å². The molecule has 1 aromatic heterocycles. The van der Waals surface area contributed by atoms with Crippen molar-refractivity contribution in [2.24, 2.45) is 0 Å². The molecule has 0 aliphatic carbocycles. The monoisotopic (exact) mass is 325 g/mol. The number of ether oxygens (including phenoxy) is 2. The Labute approximate surface area is 139 Å². The van der Waals surface area contributed by atoms with Crippen molar-refractivity contribution in [2.75, 3.05) is 13.2 Å². The summed E-state index contributed by atoms with van der Waals surface area (Å²) < 4.78 is 16.3. The van der Waals surface area contributed by atoms with E-state index in [-0.39, 0.29) is 5.56 Å². The van der Waals surface area contributed by atoms with Crippen molar-refractivity contribution in [1.29, 1.82) is 0 Å². The smallest absolute Gasteiger partial charge is 0.280 e. The molecule has 24 heavy (non-hydrogen) atoms. The van der Waals surface area contributed by atoms with Crippen LogP contribution in [0.2, 0.25) is 0 Å². The molecular formula is C19H19NO4. The molecule has 0 aliphatic heterocycles. The van der Waals surface area contributed by atoms with Crippen molar-refractivity contribution < 1.29 is 14.0 Å². The lowest BCUT2D eigenvalue weighted by Gasteiger charge is -2.09. The zero-order valence-electron chi connectivity index (χ0n) is 13.5. The van der Waals surface area contributed by atoms with Crippen molar-refractivity contribution >= 4 is 0 Å². The summed E-state index contributed by atoms with van der Waals surface area (Å²) in [6.07, 6.45) is 0.788.